The van der Waals surface area contributed by atoms with Crippen LogP contribution in [0.3, 0.4) is 0 Å². The molecular formula is C16H19ClFNO3. The summed E-state index contributed by atoms with van der Waals surface area (Å²) < 4.78 is 19.5. The minimum absolute atomic E-state index is 0.000360. The first-order chi connectivity index (χ1) is 10.6. The van der Waals surface area contributed by atoms with Crippen LogP contribution < -0.4 is 0 Å². The van der Waals surface area contributed by atoms with Gasteiger partial charge in [-0.2, -0.15) is 0 Å². The van der Waals surface area contributed by atoms with Gasteiger partial charge in [0.05, 0.1) is 30.9 Å². The maximum absolute atomic E-state index is 14.0. The largest absolute Gasteiger partial charge is 0.393 e. The van der Waals surface area contributed by atoms with Crippen LogP contribution in [0, 0.1) is 11.7 Å². The standard InChI is InChI=1S/C16H19ClFNO3/c17-10-4-5-11(13(18)8-10)16(21)19-6-7-22-9-14(19)12-2-1-3-15(12)20/h4-5,8,12,14-15,20H,1-3,6-7,9H2. The molecule has 0 spiro atoms. The van der Waals surface area contributed by atoms with Crippen molar-refractivity contribution in [3.63, 3.8) is 0 Å². The number of amides is 1. The molecule has 2 fully saturated rings. The number of aliphatic hydroxyl groups is 1. The van der Waals surface area contributed by atoms with Crippen LogP contribution in [0.5, 0.6) is 0 Å². The number of carbonyl (C=O) groups is 1. The van der Waals surface area contributed by atoms with Crippen molar-refractivity contribution in [1.29, 1.82) is 0 Å². The summed E-state index contributed by atoms with van der Waals surface area (Å²) in [6.07, 6.45) is 2.14. The van der Waals surface area contributed by atoms with Crippen LogP contribution in [0.25, 0.3) is 0 Å². The maximum atomic E-state index is 14.0. The van der Waals surface area contributed by atoms with Crippen molar-refractivity contribution in [1.82, 2.24) is 4.90 Å². The van der Waals surface area contributed by atoms with Crippen molar-refractivity contribution in [2.24, 2.45) is 5.92 Å². The monoisotopic (exact) mass is 327 g/mol. The molecule has 1 amide bonds. The van der Waals surface area contributed by atoms with Crippen LogP contribution in [-0.2, 0) is 4.74 Å². The summed E-state index contributed by atoms with van der Waals surface area (Å²) >= 11 is 5.74. The van der Waals surface area contributed by atoms with Gasteiger partial charge in [-0.05, 0) is 31.0 Å². The molecule has 3 rings (SSSR count). The number of benzene rings is 1. The van der Waals surface area contributed by atoms with Crippen LogP contribution in [-0.4, -0.2) is 47.8 Å². The van der Waals surface area contributed by atoms with Crippen molar-refractivity contribution in [2.75, 3.05) is 19.8 Å². The second-order valence-electron chi connectivity index (χ2n) is 5.93. The van der Waals surface area contributed by atoms with E-state index in [9.17, 15) is 14.3 Å². The minimum atomic E-state index is -0.616. The van der Waals surface area contributed by atoms with Crippen LogP contribution in [0.2, 0.25) is 5.02 Å². The predicted octanol–water partition coefficient (Wildman–Crippen LogP) is 2.48. The van der Waals surface area contributed by atoms with Crippen molar-refractivity contribution in [2.45, 2.75) is 31.4 Å². The van der Waals surface area contributed by atoms with Crippen LogP contribution in [0.1, 0.15) is 29.6 Å². The Morgan fingerprint density at radius 2 is 2.23 bits per heavy atom. The van der Waals surface area contributed by atoms with Gasteiger partial charge in [0.15, 0.2) is 0 Å². The van der Waals surface area contributed by atoms with E-state index in [0.717, 1.165) is 25.3 Å². The van der Waals surface area contributed by atoms with Gasteiger partial charge in [-0.15, -0.1) is 0 Å². The van der Waals surface area contributed by atoms with Gasteiger partial charge in [0.25, 0.3) is 5.91 Å². The van der Waals surface area contributed by atoms with Gasteiger partial charge in [-0.25, -0.2) is 4.39 Å². The number of morpholine rings is 1. The Hall–Kier alpha value is -1.17. The number of rotatable bonds is 2. The number of hydrogen-bond donors (Lipinski definition) is 1. The number of hydrogen-bond acceptors (Lipinski definition) is 3. The zero-order chi connectivity index (χ0) is 15.7. The molecule has 1 N–H and O–H groups in total. The molecule has 120 valence electrons. The highest BCUT2D eigenvalue weighted by atomic mass is 35.5. The molecule has 1 saturated heterocycles. The normalized spacial score (nSPS) is 28.9. The Morgan fingerprint density at radius 3 is 2.91 bits per heavy atom. The van der Waals surface area contributed by atoms with E-state index in [1.807, 2.05) is 0 Å². The second kappa shape index (κ2) is 6.52. The Labute approximate surface area is 133 Å². The SMILES string of the molecule is O=C(c1ccc(Cl)cc1F)N1CCOCC1C1CCCC1O. The predicted molar refractivity (Wildman–Crippen MR) is 80.4 cm³/mol. The molecule has 6 heteroatoms. The van der Waals surface area contributed by atoms with E-state index in [2.05, 4.69) is 0 Å². The molecule has 0 aromatic heterocycles. The van der Waals surface area contributed by atoms with Crippen LogP contribution in [0.4, 0.5) is 4.39 Å². The van der Waals surface area contributed by atoms with Gasteiger partial charge in [0.1, 0.15) is 5.82 Å². The van der Waals surface area contributed by atoms with Crippen molar-refractivity contribution >= 4 is 17.5 Å². The summed E-state index contributed by atoms with van der Waals surface area (Å²) in [4.78, 5) is 14.4. The summed E-state index contributed by atoms with van der Waals surface area (Å²) in [7, 11) is 0. The second-order valence-corrected chi connectivity index (χ2v) is 6.36. The first kappa shape index (κ1) is 15.7. The first-order valence-corrected chi connectivity index (χ1v) is 7.97. The molecule has 0 bridgehead atoms. The average molecular weight is 328 g/mol. The molecule has 1 aromatic rings. The molecule has 1 aliphatic heterocycles. The molecule has 1 saturated carbocycles. The Morgan fingerprint density at radius 1 is 1.41 bits per heavy atom. The Kier molecular flexibility index (Phi) is 4.66. The smallest absolute Gasteiger partial charge is 0.257 e. The van der Waals surface area contributed by atoms with Gasteiger partial charge < -0.3 is 14.7 Å². The third kappa shape index (κ3) is 2.98. The fraction of sp³-hybridized carbons (Fsp3) is 0.562. The molecule has 3 unspecified atom stereocenters. The third-order valence-corrected chi connectivity index (χ3v) is 4.85. The molecule has 2 aliphatic rings. The highest BCUT2D eigenvalue weighted by Crippen LogP contribution is 2.33. The Balaban J connectivity index is 1.85. The highest BCUT2D eigenvalue weighted by Gasteiger charge is 2.40. The lowest BCUT2D eigenvalue weighted by molar-refractivity contribution is -0.0385. The number of aliphatic hydroxyl groups excluding tert-OH is 1. The van der Waals surface area contributed by atoms with Crippen LogP contribution in [0.15, 0.2) is 18.2 Å². The van der Waals surface area contributed by atoms with E-state index >= 15 is 0 Å². The maximum Gasteiger partial charge on any atom is 0.257 e. The first-order valence-electron chi connectivity index (χ1n) is 7.60. The average Bonchev–Trinajstić information content (AvgIpc) is 2.93. The minimum Gasteiger partial charge on any atom is -0.393 e. The molecule has 3 atom stereocenters. The number of halogens is 2. The zero-order valence-corrected chi connectivity index (χ0v) is 12.9. The molecular weight excluding hydrogens is 309 g/mol. The lowest BCUT2D eigenvalue weighted by atomic mass is 9.93. The molecule has 0 radical (unpaired) electrons. The summed E-state index contributed by atoms with van der Waals surface area (Å²) in [5, 5.41) is 10.4. The van der Waals surface area contributed by atoms with Gasteiger partial charge in [0.2, 0.25) is 0 Å². The molecule has 1 aromatic carbocycles. The summed E-state index contributed by atoms with van der Waals surface area (Å²) in [5.41, 5.74) is 0.0174. The Bertz CT molecular complexity index is 568. The van der Waals surface area contributed by atoms with Gasteiger partial charge in [-0.3, -0.25) is 4.79 Å². The van der Waals surface area contributed by atoms with E-state index < -0.39 is 11.9 Å². The molecule has 1 aliphatic carbocycles. The van der Waals surface area contributed by atoms with Gasteiger partial charge in [-0.1, -0.05) is 18.0 Å². The number of carbonyl (C=O) groups excluding carboxylic acids is 1. The fourth-order valence-corrected chi connectivity index (χ4v) is 3.62. The van der Waals surface area contributed by atoms with E-state index in [0.29, 0.717) is 19.8 Å². The zero-order valence-electron chi connectivity index (χ0n) is 12.2. The lowest BCUT2D eigenvalue weighted by Crippen LogP contribution is -2.53. The third-order valence-electron chi connectivity index (χ3n) is 4.61. The molecule has 22 heavy (non-hydrogen) atoms. The van der Waals surface area contributed by atoms with Crippen LogP contribution >= 0.6 is 11.6 Å². The van der Waals surface area contributed by atoms with Crippen molar-refractivity contribution in [3.05, 3.63) is 34.6 Å². The molecule has 1 heterocycles. The fourth-order valence-electron chi connectivity index (χ4n) is 3.47. The van der Waals surface area contributed by atoms with E-state index in [1.54, 1.807) is 4.90 Å². The topological polar surface area (TPSA) is 49.8 Å². The van der Waals surface area contributed by atoms with Gasteiger partial charge >= 0.3 is 0 Å². The molecule has 4 nitrogen and oxygen atoms in total. The van der Waals surface area contributed by atoms with E-state index in [4.69, 9.17) is 16.3 Å². The summed E-state index contributed by atoms with van der Waals surface area (Å²) in [6, 6.07) is 3.87. The van der Waals surface area contributed by atoms with Crippen molar-refractivity contribution in [3.8, 4) is 0 Å². The number of nitrogens with zero attached hydrogens (tertiary/aromatic N) is 1. The highest BCUT2D eigenvalue weighted by molar-refractivity contribution is 6.30. The lowest BCUT2D eigenvalue weighted by Gasteiger charge is -2.40. The van der Waals surface area contributed by atoms with E-state index in [1.165, 1.54) is 12.1 Å². The van der Waals surface area contributed by atoms with Crippen molar-refractivity contribution < 1.29 is 19.0 Å². The summed E-state index contributed by atoms with van der Waals surface area (Å²) in [5.74, 6) is -0.976. The van der Waals surface area contributed by atoms with E-state index in [-0.39, 0.29) is 28.5 Å². The number of ether oxygens (including phenoxy) is 1. The van der Waals surface area contributed by atoms with Gasteiger partial charge in [0, 0.05) is 17.5 Å². The summed E-state index contributed by atoms with van der Waals surface area (Å²) in [6.45, 7) is 1.23. The quantitative estimate of drug-likeness (QED) is 0.908.